The molecule has 2 rings (SSSR count). The molecule has 0 saturated carbocycles. The summed E-state index contributed by atoms with van der Waals surface area (Å²) in [5.41, 5.74) is 0.937. The average molecular weight is 279 g/mol. The molecule has 112 valence electrons. The maximum Gasteiger partial charge on any atom is 0.119 e. The van der Waals surface area contributed by atoms with Gasteiger partial charge in [0.05, 0.1) is 25.9 Å². The van der Waals surface area contributed by atoms with Gasteiger partial charge in [0.25, 0.3) is 0 Å². The van der Waals surface area contributed by atoms with Gasteiger partial charge in [-0.3, -0.25) is 4.90 Å². The van der Waals surface area contributed by atoms with Crippen LogP contribution in [0.4, 0.5) is 0 Å². The van der Waals surface area contributed by atoms with Crippen LogP contribution in [0.1, 0.15) is 31.4 Å². The second kappa shape index (κ2) is 8.25. The smallest absolute Gasteiger partial charge is 0.119 e. The van der Waals surface area contributed by atoms with E-state index >= 15 is 0 Å². The van der Waals surface area contributed by atoms with Crippen LogP contribution in [-0.4, -0.2) is 49.5 Å². The van der Waals surface area contributed by atoms with Gasteiger partial charge in [0.2, 0.25) is 0 Å². The molecule has 1 atom stereocenters. The van der Waals surface area contributed by atoms with Crippen LogP contribution < -0.4 is 4.74 Å². The van der Waals surface area contributed by atoms with E-state index in [-0.39, 0.29) is 0 Å². The molecule has 1 fully saturated rings. The molecular weight excluding hydrogens is 254 g/mol. The number of rotatable bonds is 7. The van der Waals surface area contributed by atoms with Crippen molar-refractivity contribution in [2.45, 2.75) is 25.9 Å². The fourth-order valence-corrected chi connectivity index (χ4v) is 2.33. The van der Waals surface area contributed by atoms with Gasteiger partial charge in [-0.05, 0) is 30.5 Å². The first kappa shape index (κ1) is 15.3. The topological polar surface area (TPSA) is 41.9 Å². The standard InChI is InChI=1S/C16H25NO3/c1-2-10-20-15-5-3-4-14(13-15)16(18)6-7-17-8-11-19-12-9-17/h3-5,13,16,18H,2,6-12H2,1H3. The van der Waals surface area contributed by atoms with E-state index in [1.807, 2.05) is 24.3 Å². The minimum atomic E-state index is -0.428. The summed E-state index contributed by atoms with van der Waals surface area (Å²) in [6.45, 7) is 7.24. The number of morpholine rings is 1. The maximum absolute atomic E-state index is 10.3. The summed E-state index contributed by atoms with van der Waals surface area (Å²) in [5, 5.41) is 10.3. The number of hydrogen-bond donors (Lipinski definition) is 1. The molecule has 1 aromatic rings. The Hall–Kier alpha value is -1.10. The van der Waals surface area contributed by atoms with Crippen molar-refractivity contribution in [1.29, 1.82) is 0 Å². The Kier molecular flexibility index (Phi) is 6.30. The molecule has 1 aliphatic heterocycles. The molecule has 1 aromatic carbocycles. The molecule has 1 unspecified atom stereocenters. The van der Waals surface area contributed by atoms with E-state index in [0.717, 1.165) is 57.0 Å². The molecule has 1 N–H and O–H groups in total. The Morgan fingerprint density at radius 1 is 1.35 bits per heavy atom. The molecule has 0 spiro atoms. The first-order valence-electron chi connectivity index (χ1n) is 7.50. The Bertz CT molecular complexity index is 391. The molecule has 4 nitrogen and oxygen atoms in total. The van der Waals surface area contributed by atoms with Crippen LogP contribution in [0, 0.1) is 0 Å². The highest BCUT2D eigenvalue weighted by Crippen LogP contribution is 2.22. The highest BCUT2D eigenvalue weighted by atomic mass is 16.5. The molecule has 4 heteroatoms. The quantitative estimate of drug-likeness (QED) is 0.831. The fraction of sp³-hybridized carbons (Fsp3) is 0.625. The molecule has 0 aliphatic carbocycles. The van der Waals surface area contributed by atoms with E-state index in [2.05, 4.69) is 11.8 Å². The zero-order valence-corrected chi connectivity index (χ0v) is 12.3. The zero-order chi connectivity index (χ0) is 14.2. The lowest BCUT2D eigenvalue weighted by atomic mass is 10.1. The SMILES string of the molecule is CCCOc1cccc(C(O)CCN2CCOCC2)c1. The third kappa shape index (κ3) is 4.78. The first-order valence-corrected chi connectivity index (χ1v) is 7.50. The molecule has 1 aliphatic rings. The third-order valence-corrected chi connectivity index (χ3v) is 3.54. The van der Waals surface area contributed by atoms with Gasteiger partial charge in [-0.1, -0.05) is 19.1 Å². The molecule has 0 radical (unpaired) electrons. The van der Waals surface area contributed by atoms with Crippen molar-refractivity contribution in [2.75, 3.05) is 39.5 Å². The number of hydrogen-bond acceptors (Lipinski definition) is 4. The Labute approximate surface area is 121 Å². The van der Waals surface area contributed by atoms with Crippen molar-refractivity contribution in [3.63, 3.8) is 0 Å². The fourth-order valence-electron chi connectivity index (χ4n) is 2.33. The van der Waals surface area contributed by atoms with Gasteiger partial charge in [-0.15, -0.1) is 0 Å². The first-order chi connectivity index (χ1) is 9.79. The monoisotopic (exact) mass is 279 g/mol. The summed E-state index contributed by atoms with van der Waals surface area (Å²) in [4.78, 5) is 2.34. The summed E-state index contributed by atoms with van der Waals surface area (Å²) in [6.07, 6.45) is 1.31. The van der Waals surface area contributed by atoms with Crippen LogP contribution in [-0.2, 0) is 4.74 Å². The largest absolute Gasteiger partial charge is 0.494 e. The Balaban J connectivity index is 1.82. The third-order valence-electron chi connectivity index (χ3n) is 3.54. The van der Waals surface area contributed by atoms with Gasteiger partial charge in [0, 0.05) is 19.6 Å². The number of aliphatic hydroxyl groups is 1. The molecule has 0 amide bonds. The lowest BCUT2D eigenvalue weighted by molar-refractivity contribution is 0.0300. The van der Waals surface area contributed by atoms with Crippen molar-refractivity contribution < 1.29 is 14.6 Å². The van der Waals surface area contributed by atoms with Crippen LogP contribution in [0.15, 0.2) is 24.3 Å². The normalized spacial score (nSPS) is 17.9. The summed E-state index contributed by atoms with van der Waals surface area (Å²) < 4.78 is 10.9. The number of benzene rings is 1. The lowest BCUT2D eigenvalue weighted by Gasteiger charge is -2.27. The van der Waals surface area contributed by atoms with E-state index in [9.17, 15) is 5.11 Å². The Morgan fingerprint density at radius 3 is 2.90 bits per heavy atom. The van der Waals surface area contributed by atoms with Crippen molar-refractivity contribution in [3.8, 4) is 5.75 Å². The van der Waals surface area contributed by atoms with E-state index in [0.29, 0.717) is 6.61 Å². The number of ether oxygens (including phenoxy) is 2. The van der Waals surface area contributed by atoms with E-state index in [4.69, 9.17) is 9.47 Å². The van der Waals surface area contributed by atoms with Crippen LogP contribution in [0.3, 0.4) is 0 Å². The molecule has 20 heavy (non-hydrogen) atoms. The van der Waals surface area contributed by atoms with Gasteiger partial charge in [0.15, 0.2) is 0 Å². The second-order valence-electron chi connectivity index (χ2n) is 5.18. The maximum atomic E-state index is 10.3. The van der Waals surface area contributed by atoms with Gasteiger partial charge < -0.3 is 14.6 Å². The van der Waals surface area contributed by atoms with E-state index in [1.54, 1.807) is 0 Å². The molecule has 0 aromatic heterocycles. The number of nitrogens with zero attached hydrogens (tertiary/aromatic N) is 1. The van der Waals surface area contributed by atoms with Gasteiger partial charge in [-0.25, -0.2) is 0 Å². The molecular formula is C16H25NO3. The second-order valence-corrected chi connectivity index (χ2v) is 5.18. The Morgan fingerprint density at radius 2 is 2.15 bits per heavy atom. The van der Waals surface area contributed by atoms with Gasteiger partial charge >= 0.3 is 0 Å². The summed E-state index contributed by atoms with van der Waals surface area (Å²) in [7, 11) is 0. The minimum absolute atomic E-state index is 0.428. The van der Waals surface area contributed by atoms with Crippen LogP contribution in [0.2, 0.25) is 0 Å². The van der Waals surface area contributed by atoms with Crippen molar-refractivity contribution in [2.24, 2.45) is 0 Å². The van der Waals surface area contributed by atoms with Crippen LogP contribution in [0.25, 0.3) is 0 Å². The summed E-state index contributed by atoms with van der Waals surface area (Å²) in [5.74, 6) is 0.842. The minimum Gasteiger partial charge on any atom is -0.494 e. The van der Waals surface area contributed by atoms with Gasteiger partial charge in [-0.2, -0.15) is 0 Å². The molecule has 0 bridgehead atoms. The highest BCUT2D eigenvalue weighted by Gasteiger charge is 2.14. The predicted octanol–water partition coefficient (Wildman–Crippen LogP) is 2.23. The lowest BCUT2D eigenvalue weighted by Crippen LogP contribution is -2.37. The average Bonchev–Trinajstić information content (AvgIpc) is 2.52. The van der Waals surface area contributed by atoms with Crippen molar-refractivity contribution in [1.82, 2.24) is 4.90 Å². The van der Waals surface area contributed by atoms with E-state index in [1.165, 1.54) is 0 Å². The van der Waals surface area contributed by atoms with Crippen LogP contribution >= 0.6 is 0 Å². The zero-order valence-electron chi connectivity index (χ0n) is 12.3. The summed E-state index contributed by atoms with van der Waals surface area (Å²) in [6, 6.07) is 7.79. The highest BCUT2D eigenvalue weighted by molar-refractivity contribution is 5.29. The van der Waals surface area contributed by atoms with Gasteiger partial charge in [0.1, 0.15) is 5.75 Å². The van der Waals surface area contributed by atoms with Crippen LogP contribution in [0.5, 0.6) is 5.75 Å². The van der Waals surface area contributed by atoms with Crippen molar-refractivity contribution >= 4 is 0 Å². The molecule has 1 heterocycles. The predicted molar refractivity (Wildman–Crippen MR) is 79.1 cm³/mol. The molecule has 1 saturated heterocycles. The van der Waals surface area contributed by atoms with E-state index < -0.39 is 6.10 Å². The number of aliphatic hydroxyl groups excluding tert-OH is 1. The summed E-state index contributed by atoms with van der Waals surface area (Å²) >= 11 is 0. The van der Waals surface area contributed by atoms with Crippen molar-refractivity contribution in [3.05, 3.63) is 29.8 Å².